The molecule has 1 aliphatic rings. The molecule has 0 saturated heterocycles. The number of carboxylic acid groups (broad SMARTS) is 1. The predicted octanol–water partition coefficient (Wildman–Crippen LogP) is 4.70. The fraction of sp³-hybridized carbons (Fsp3) is 0.0952. The highest BCUT2D eigenvalue weighted by molar-refractivity contribution is 5.91. The van der Waals surface area contributed by atoms with E-state index in [1.165, 1.54) is 5.56 Å². The molecule has 0 fully saturated rings. The molecule has 0 bridgehead atoms. The van der Waals surface area contributed by atoms with Crippen molar-refractivity contribution >= 4 is 17.3 Å². The summed E-state index contributed by atoms with van der Waals surface area (Å²) in [5.41, 5.74) is 4.32. The van der Waals surface area contributed by atoms with E-state index in [-0.39, 0.29) is 17.6 Å². The van der Waals surface area contributed by atoms with Gasteiger partial charge in [-0.05, 0) is 29.3 Å². The third-order valence-electron chi connectivity index (χ3n) is 4.54. The molecule has 3 aromatic rings. The van der Waals surface area contributed by atoms with Crippen LogP contribution in [-0.2, 0) is 0 Å². The molecule has 0 spiro atoms. The molecule has 3 aromatic carbocycles. The Morgan fingerprint density at radius 1 is 0.720 bits per heavy atom. The number of hydrogen-bond acceptors (Lipinski definition) is 3. The Hall–Kier alpha value is -3.27. The second-order valence-electron chi connectivity index (χ2n) is 6.13. The molecule has 4 nitrogen and oxygen atoms in total. The summed E-state index contributed by atoms with van der Waals surface area (Å²) in [5.74, 6) is -0.925. The van der Waals surface area contributed by atoms with Gasteiger partial charge in [-0.1, -0.05) is 60.7 Å². The van der Waals surface area contributed by atoms with E-state index < -0.39 is 5.97 Å². The van der Waals surface area contributed by atoms with Gasteiger partial charge in [0.1, 0.15) is 0 Å². The van der Waals surface area contributed by atoms with Crippen LogP contribution in [0.3, 0.4) is 0 Å². The van der Waals surface area contributed by atoms with Crippen LogP contribution in [0.5, 0.6) is 0 Å². The van der Waals surface area contributed by atoms with Gasteiger partial charge in [-0.2, -0.15) is 0 Å². The quantitative estimate of drug-likeness (QED) is 0.651. The van der Waals surface area contributed by atoms with Crippen LogP contribution in [0.2, 0.25) is 0 Å². The lowest BCUT2D eigenvalue weighted by Gasteiger charge is -2.37. The van der Waals surface area contributed by atoms with Crippen molar-refractivity contribution in [1.82, 2.24) is 0 Å². The summed E-state index contributed by atoms with van der Waals surface area (Å²) in [4.78, 5) is 11.3. The number of nitrogens with one attached hydrogen (secondary N) is 2. The van der Waals surface area contributed by atoms with Crippen molar-refractivity contribution < 1.29 is 9.90 Å². The fourth-order valence-corrected chi connectivity index (χ4v) is 3.30. The monoisotopic (exact) mass is 330 g/mol. The number of fused-ring (bicyclic) bond motifs is 1. The highest BCUT2D eigenvalue weighted by Crippen LogP contribution is 2.42. The molecule has 0 unspecified atom stereocenters. The molecule has 2 atom stereocenters. The second-order valence-corrected chi connectivity index (χ2v) is 6.13. The Kier molecular flexibility index (Phi) is 3.86. The number of benzene rings is 3. The van der Waals surface area contributed by atoms with E-state index in [4.69, 9.17) is 0 Å². The van der Waals surface area contributed by atoms with Gasteiger partial charge in [-0.25, -0.2) is 4.79 Å². The first-order valence-corrected chi connectivity index (χ1v) is 8.23. The molecule has 0 aliphatic carbocycles. The molecule has 3 N–H and O–H groups in total. The molecule has 124 valence electrons. The third kappa shape index (κ3) is 2.94. The van der Waals surface area contributed by atoms with Gasteiger partial charge in [0.05, 0.1) is 29.0 Å². The van der Waals surface area contributed by atoms with Crippen molar-refractivity contribution in [1.29, 1.82) is 0 Å². The first-order chi connectivity index (χ1) is 12.2. The van der Waals surface area contributed by atoms with Crippen LogP contribution < -0.4 is 10.6 Å². The molecule has 0 aromatic heterocycles. The summed E-state index contributed by atoms with van der Waals surface area (Å²) in [6, 6.07) is 25.6. The maximum absolute atomic E-state index is 11.3. The van der Waals surface area contributed by atoms with Crippen LogP contribution >= 0.6 is 0 Å². The smallest absolute Gasteiger partial charge is 0.335 e. The minimum Gasteiger partial charge on any atom is -0.478 e. The van der Waals surface area contributed by atoms with Gasteiger partial charge in [0, 0.05) is 0 Å². The average Bonchev–Trinajstić information content (AvgIpc) is 2.68. The van der Waals surface area contributed by atoms with E-state index >= 15 is 0 Å². The summed E-state index contributed by atoms with van der Waals surface area (Å²) in [7, 11) is 0. The molecule has 1 aliphatic heterocycles. The SMILES string of the molecule is O=C(O)c1ccc2c(c1)N[C@H](c1ccccc1)[C@@H](c1ccccc1)N2. The molecular weight excluding hydrogens is 312 g/mol. The van der Waals surface area contributed by atoms with Crippen molar-refractivity contribution in [2.45, 2.75) is 12.1 Å². The normalized spacial score (nSPS) is 18.6. The highest BCUT2D eigenvalue weighted by atomic mass is 16.4. The molecule has 0 saturated carbocycles. The van der Waals surface area contributed by atoms with E-state index in [1.807, 2.05) is 42.5 Å². The van der Waals surface area contributed by atoms with Crippen molar-refractivity contribution in [2.24, 2.45) is 0 Å². The minimum absolute atomic E-state index is 0.000134. The van der Waals surface area contributed by atoms with E-state index in [2.05, 4.69) is 34.9 Å². The van der Waals surface area contributed by atoms with E-state index in [1.54, 1.807) is 12.1 Å². The first kappa shape index (κ1) is 15.3. The van der Waals surface area contributed by atoms with Gasteiger partial charge < -0.3 is 15.7 Å². The number of aromatic carboxylic acids is 1. The zero-order valence-corrected chi connectivity index (χ0v) is 13.5. The van der Waals surface area contributed by atoms with Gasteiger partial charge in [0.2, 0.25) is 0 Å². The lowest BCUT2D eigenvalue weighted by atomic mass is 9.90. The predicted molar refractivity (Wildman–Crippen MR) is 99.0 cm³/mol. The third-order valence-corrected chi connectivity index (χ3v) is 4.54. The maximum Gasteiger partial charge on any atom is 0.335 e. The Morgan fingerprint density at radius 3 is 1.76 bits per heavy atom. The molecule has 4 heteroatoms. The lowest BCUT2D eigenvalue weighted by Crippen LogP contribution is -2.30. The summed E-state index contributed by atoms with van der Waals surface area (Å²) in [6.07, 6.45) is 0. The largest absolute Gasteiger partial charge is 0.478 e. The van der Waals surface area contributed by atoms with Crippen molar-refractivity contribution in [3.63, 3.8) is 0 Å². The van der Waals surface area contributed by atoms with Gasteiger partial charge in [0.25, 0.3) is 0 Å². The molecule has 1 heterocycles. The standard InChI is InChI=1S/C21H18N2O2/c24-21(25)16-11-12-17-18(13-16)23-20(15-9-5-2-6-10-15)19(22-17)14-7-3-1-4-8-14/h1-13,19-20,22-23H,(H,24,25)/t19-,20-/m1/s1. The molecular formula is C21H18N2O2. The fourth-order valence-electron chi connectivity index (χ4n) is 3.30. The zero-order chi connectivity index (χ0) is 17.2. The number of rotatable bonds is 3. The van der Waals surface area contributed by atoms with Crippen LogP contribution in [0.15, 0.2) is 78.9 Å². The summed E-state index contributed by atoms with van der Waals surface area (Å²) >= 11 is 0. The molecule has 0 radical (unpaired) electrons. The summed E-state index contributed by atoms with van der Waals surface area (Å²) < 4.78 is 0. The maximum atomic E-state index is 11.3. The van der Waals surface area contributed by atoms with Gasteiger partial charge in [0.15, 0.2) is 0 Å². The number of carboxylic acids is 1. The van der Waals surface area contributed by atoms with Gasteiger partial charge in [-0.3, -0.25) is 0 Å². The topological polar surface area (TPSA) is 61.4 Å². The van der Waals surface area contributed by atoms with Crippen molar-refractivity contribution in [3.8, 4) is 0 Å². The Morgan fingerprint density at radius 2 is 1.24 bits per heavy atom. The Labute approximate surface area is 146 Å². The molecule has 0 amide bonds. The first-order valence-electron chi connectivity index (χ1n) is 8.23. The van der Waals surface area contributed by atoms with Crippen molar-refractivity contribution in [3.05, 3.63) is 95.6 Å². The van der Waals surface area contributed by atoms with E-state index in [0.717, 1.165) is 16.9 Å². The van der Waals surface area contributed by atoms with Gasteiger partial charge in [-0.15, -0.1) is 0 Å². The Bertz CT molecular complexity index is 894. The van der Waals surface area contributed by atoms with Crippen LogP contribution in [0.4, 0.5) is 11.4 Å². The van der Waals surface area contributed by atoms with Crippen molar-refractivity contribution in [2.75, 3.05) is 10.6 Å². The molecule has 25 heavy (non-hydrogen) atoms. The van der Waals surface area contributed by atoms with E-state index in [9.17, 15) is 9.90 Å². The Balaban J connectivity index is 1.79. The lowest BCUT2D eigenvalue weighted by molar-refractivity contribution is 0.0697. The second kappa shape index (κ2) is 6.32. The van der Waals surface area contributed by atoms with E-state index in [0.29, 0.717) is 0 Å². The van der Waals surface area contributed by atoms with Crippen LogP contribution in [-0.4, -0.2) is 11.1 Å². The minimum atomic E-state index is -0.925. The highest BCUT2D eigenvalue weighted by Gasteiger charge is 2.30. The van der Waals surface area contributed by atoms with Crippen LogP contribution in [0.25, 0.3) is 0 Å². The zero-order valence-electron chi connectivity index (χ0n) is 13.5. The summed E-state index contributed by atoms with van der Waals surface area (Å²) in [6.45, 7) is 0. The summed E-state index contributed by atoms with van der Waals surface area (Å²) in [5, 5.41) is 16.4. The molecule has 4 rings (SSSR count). The number of hydrogen-bond donors (Lipinski definition) is 3. The van der Waals surface area contributed by atoms with Crippen LogP contribution in [0, 0.1) is 0 Å². The average molecular weight is 330 g/mol. The number of anilines is 2. The van der Waals surface area contributed by atoms with Gasteiger partial charge >= 0.3 is 5.97 Å². The number of carbonyl (C=O) groups is 1. The van der Waals surface area contributed by atoms with Crippen LogP contribution in [0.1, 0.15) is 33.6 Å².